The summed E-state index contributed by atoms with van der Waals surface area (Å²) >= 11 is 0. The number of anilines is 2. The topological polar surface area (TPSA) is 166 Å². The Morgan fingerprint density at radius 3 is 2.30 bits per heavy atom. The third kappa shape index (κ3) is 7.82. The molecule has 4 aromatic heterocycles. The van der Waals surface area contributed by atoms with E-state index in [1.807, 2.05) is 0 Å². The number of hydrogen-bond acceptors (Lipinski definition) is 12. The molecular formula is C29H33F3N10O4. The summed E-state index contributed by atoms with van der Waals surface area (Å²) in [5.41, 5.74) is -1.39. The highest BCUT2D eigenvalue weighted by atomic mass is 19.4. The van der Waals surface area contributed by atoms with E-state index in [0.717, 1.165) is 6.20 Å². The van der Waals surface area contributed by atoms with Gasteiger partial charge in [-0.2, -0.15) is 18.3 Å². The molecular weight excluding hydrogens is 609 g/mol. The number of nitrogens with one attached hydrogen (secondary N) is 1. The van der Waals surface area contributed by atoms with Crippen LogP contribution in [-0.2, 0) is 18.0 Å². The van der Waals surface area contributed by atoms with Crippen LogP contribution in [0.25, 0.3) is 22.6 Å². The van der Waals surface area contributed by atoms with Crippen LogP contribution in [0, 0.1) is 0 Å². The summed E-state index contributed by atoms with van der Waals surface area (Å²) in [6.07, 6.45) is 5.04. The second-order valence-corrected chi connectivity index (χ2v) is 11.4. The predicted molar refractivity (Wildman–Crippen MR) is 159 cm³/mol. The van der Waals surface area contributed by atoms with Crippen LogP contribution in [0.1, 0.15) is 45.1 Å². The van der Waals surface area contributed by atoms with Crippen LogP contribution in [0.3, 0.4) is 0 Å². The first-order chi connectivity index (χ1) is 21.8. The maximum atomic E-state index is 13.7. The number of rotatable bonds is 9. The van der Waals surface area contributed by atoms with Gasteiger partial charge in [-0.1, -0.05) is 0 Å². The Morgan fingerprint density at radius 2 is 1.74 bits per heavy atom. The smallest absolute Gasteiger partial charge is 0.420 e. The van der Waals surface area contributed by atoms with Crippen molar-refractivity contribution in [2.24, 2.45) is 7.05 Å². The van der Waals surface area contributed by atoms with Crippen molar-refractivity contribution in [3.8, 4) is 28.7 Å². The Bertz CT molecular complexity index is 1630. The van der Waals surface area contributed by atoms with Gasteiger partial charge in [-0.05, 0) is 45.6 Å². The molecule has 1 fully saturated rings. The molecule has 1 aliphatic rings. The van der Waals surface area contributed by atoms with Gasteiger partial charge >= 0.3 is 18.3 Å². The van der Waals surface area contributed by atoms with Gasteiger partial charge < -0.3 is 19.9 Å². The molecule has 1 aliphatic carbocycles. The van der Waals surface area contributed by atoms with E-state index in [0.29, 0.717) is 36.9 Å². The van der Waals surface area contributed by atoms with Crippen molar-refractivity contribution < 1.29 is 32.5 Å². The van der Waals surface area contributed by atoms with E-state index >= 15 is 0 Å². The summed E-state index contributed by atoms with van der Waals surface area (Å²) in [7, 11) is 3.07. The lowest BCUT2D eigenvalue weighted by Crippen LogP contribution is -2.46. The van der Waals surface area contributed by atoms with Gasteiger partial charge in [0, 0.05) is 49.5 Å². The number of aromatic nitrogens is 8. The molecule has 46 heavy (non-hydrogen) atoms. The Morgan fingerprint density at radius 1 is 1.02 bits per heavy atom. The van der Waals surface area contributed by atoms with Crippen molar-refractivity contribution in [3.63, 3.8) is 0 Å². The van der Waals surface area contributed by atoms with Gasteiger partial charge in [0.15, 0.2) is 5.82 Å². The van der Waals surface area contributed by atoms with Crippen LogP contribution in [-0.4, -0.2) is 82.3 Å². The number of aryl methyl sites for hydroxylation is 1. The fraction of sp³-hybridized carbons (Fsp3) is 0.448. The summed E-state index contributed by atoms with van der Waals surface area (Å²) in [4.78, 5) is 39.9. The fourth-order valence-corrected chi connectivity index (χ4v) is 4.94. The van der Waals surface area contributed by atoms with Crippen molar-refractivity contribution in [3.05, 3.63) is 48.8 Å². The van der Waals surface area contributed by atoms with Crippen LogP contribution in [0.4, 0.5) is 29.7 Å². The van der Waals surface area contributed by atoms with E-state index in [9.17, 15) is 23.1 Å². The number of amides is 1. The second kappa shape index (κ2) is 13.2. The molecule has 0 saturated heterocycles. The molecule has 4 heterocycles. The number of carbonyl (C=O) groups is 1. The minimum Gasteiger partial charge on any atom is -0.467 e. The molecule has 244 valence electrons. The van der Waals surface area contributed by atoms with Crippen molar-refractivity contribution in [2.45, 2.75) is 63.4 Å². The second-order valence-electron chi connectivity index (χ2n) is 11.4. The molecule has 1 saturated carbocycles. The molecule has 1 amide bonds. The minimum atomic E-state index is -4.66. The van der Waals surface area contributed by atoms with Gasteiger partial charge in [0.25, 0.3) is 0 Å². The van der Waals surface area contributed by atoms with Gasteiger partial charge in [0.1, 0.15) is 23.6 Å². The zero-order chi connectivity index (χ0) is 33.1. The summed E-state index contributed by atoms with van der Waals surface area (Å²) in [5, 5.41) is 17.4. The van der Waals surface area contributed by atoms with Crippen LogP contribution in [0.15, 0.2) is 43.2 Å². The van der Waals surface area contributed by atoms with E-state index in [1.54, 1.807) is 19.4 Å². The fourth-order valence-electron chi connectivity index (χ4n) is 4.94. The van der Waals surface area contributed by atoms with Crippen molar-refractivity contribution in [2.75, 3.05) is 23.9 Å². The van der Waals surface area contributed by atoms with Crippen molar-refractivity contribution in [1.82, 2.24) is 39.7 Å². The third-order valence-electron chi connectivity index (χ3n) is 7.18. The maximum absolute atomic E-state index is 13.7. The Labute approximate surface area is 262 Å². The molecule has 0 unspecified atom stereocenters. The minimum absolute atomic E-state index is 0.0440. The highest BCUT2D eigenvalue weighted by molar-refractivity contribution is 5.87. The number of halogens is 3. The lowest BCUT2D eigenvalue weighted by molar-refractivity contribution is -0.137. The average Bonchev–Trinajstić information content (AvgIpc) is 3.46. The van der Waals surface area contributed by atoms with E-state index in [2.05, 4.69) is 40.3 Å². The molecule has 0 radical (unpaired) electrons. The summed E-state index contributed by atoms with van der Waals surface area (Å²) in [6.45, 7) is 2.81. The molecule has 17 heteroatoms. The highest BCUT2D eigenvalue weighted by Crippen LogP contribution is 2.36. The molecule has 0 aliphatic heterocycles. The number of methoxy groups -OCH3 is 1. The number of aliphatic hydroxyl groups is 1. The van der Waals surface area contributed by atoms with Gasteiger partial charge in [0.2, 0.25) is 5.95 Å². The van der Waals surface area contributed by atoms with Crippen molar-refractivity contribution in [1.29, 1.82) is 0 Å². The van der Waals surface area contributed by atoms with E-state index < -0.39 is 23.4 Å². The number of carbonyl (C=O) groups excluding carboxylic acids is 1. The Balaban J connectivity index is 1.31. The number of hydrogen-bond donors (Lipinski definition) is 2. The van der Waals surface area contributed by atoms with Crippen LogP contribution >= 0.6 is 0 Å². The predicted octanol–water partition coefficient (Wildman–Crippen LogP) is 4.29. The van der Waals surface area contributed by atoms with E-state index in [4.69, 9.17) is 9.47 Å². The van der Waals surface area contributed by atoms with Crippen LogP contribution < -0.4 is 15.0 Å². The Kier molecular flexibility index (Phi) is 9.32. The average molecular weight is 643 g/mol. The maximum Gasteiger partial charge on any atom is 0.420 e. The standard InChI is InChI=1S/C29H33F3N10O4/c1-28(2,44)16-46-27(43)42(23-15-33-22(14-34-23)17-11-36-26(45-4)37-12-17)19-7-5-18(6-8-19)38-25-35-13-20(29(30,31)32)24(39-25)21-9-10-41(3)40-21/h9-15,18-19,44H,5-8,16H2,1-4H3,(H,35,38,39). The molecule has 0 aromatic carbocycles. The third-order valence-corrected chi connectivity index (χ3v) is 7.18. The van der Waals surface area contributed by atoms with Gasteiger partial charge in [-0.15, -0.1) is 0 Å². The lowest BCUT2D eigenvalue weighted by atomic mass is 9.90. The molecule has 0 bridgehead atoms. The largest absolute Gasteiger partial charge is 0.467 e. The zero-order valence-corrected chi connectivity index (χ0v) is 25.6. The quantitative estimate of drug-likeness (QED) is 0.266. The van der Waals surface area contributed by atoms with Crippen LogP contribution in [0.5, 0.6) is 6.01 Å². The highest BCUT2D eigenvalue weighted by Gasteiger charge is 2.37. The van der Waals surface area contributed by atoms with Gasteiger partial charge in [0.05, 0.1) is 30.8 Å². The number of alkyl halides is 3. The molecule has 2 N–H and O–H groups in total. The Hall–Kier alpha value is -4.93. The van der Waals surface area contributed by atoms with Crippen LogP contribution in [0.2, 0.25) is 0 Å². The molecule has 5 rings (SSSR count). The first-order valence-electron chi connectivity index (χ1n) is 14.4. The summed E-state index contributed by atoms with van der Waals surface area (Å²) in [5.74, 6) is 0.295. The molecule has 14 nitrogen and oxygen atoms in total. The lowest BCUT2D eigenvalue weighted by Gasteiger charge is -2.36. The first-order valence-corrected chi connectivity index (χ1v) is 14.4. The molecule has 0 atom stereocenters. The monoisotopic (exact) mass is 642 g/mol. The normalized spacial score (nSPS) is 17.0. The van der Waals surface area contributed by atoms with Gasteiger partial charge in [-0.3, -0.25) is 14.6 Å². The first kappa shape index (κ1) is 32.5. The number of nitrogens with zero attached hydrogens (tertiary/aromatic N) is 9. The molecule has 4 aromatic rings. The SMILES string of the molecule is COc1ncc(-c2cnc(N(C(=O)OCC(C)(C)O)C3CCC(Nc4ncc(C(F)(F)F)c(-c5ccn(C)n5)n4)CC3)cn2)cn1. The molecule has 0 spiro atoms. The number of ether oxygens (including phenoxy) is 2. The summed E-state index contributed by atoms with van der Waals surface area (Å²) in [6, 6.07) is 1.15. The van der Waals surface area contributed by atoms with Gasteiger partial charge in [-0.25, -0.2) is 29.7 Å². The summed E-state index contributed by atoms with van der Waals surface area (Å²) < 4.78 is 52.9. The van der Waals surface area contributed by atoms with E-state index in [-0.39, 0.29) is 47.9 Å². The van der Waals surface area contributed by atoms with Crippen molar-refractivity contribution >= 4 is 17.9 Å². The zero-order valence-electron chi connectivity index (χ0n) is 25.6. The van der Waals surface area contributed by atoms with E-state index in [1.165, 1.54) is 55.2 Å².